The third kappa shape index (κ3) is 3.68. The van der Waals surface area contributed by atoms with E-state index in [1.54, 1.807) is 0 Å². The van der Waals surface area contributed by atoms with Crippen molar-refractivity contribution in [1.29, 1.82) is 0 Å². The summed E-state index contributed by atoms with van der Waals surface area (Å²) >= 11 is 10.3. The van der Waals surface area contributed by atoms with Gasteiger partial charge in [-0.15, -0.1) is 22.9 Å². The molecule has 0 radical (unpaired) electrons. The molecule has 0 N–H and O–H groups in total. The maximum atomic E-state index is 13.0. The topological polar surface area (TPSA) is 9.23 Å². The van der Waals surface area contributed by atoms with Crippen LogP contribution in [0.4, 0.5) is 13.2 Å². The predicted molar refractivity (Wildman–Crippen MR) is 77.4 cm³/mol. The first-order chi connectivity index (χ1) is 9.41. The number of rotatable bonds is 4. The molecular weight excluding hydrogens is 377 g/mol. The normalized spacial score (nSPS) is 11.7. The lowest BCUT2D eigenvalue weighted by Gasteiger charge is -2.14. The molecule has 2 rings (SSSR count). The Morgan fingerprint density at radius 1 is 1.25 bits per heavy atom. The molecule has 0 saturated heterocycles. The van der Waals surface area contributed by atoms with E-state index in [1.807, 2.05) is 11.4 Å². The van der Waals surface area contributed by atoms with Crippen LogP contribution in [0.3, 0.4) is 0 Å². The molecule has 0 aliphatic rings. The highest BCUT2D eigenvalue weighted by atomic mass is 79.9. The van der Waals surface area contributed by atoms with Gasteiger partial charge in [0, 0.05) is 10.4 Å². The van der Waals surface area contributed by atoms with E-state index in [0.717, 1.165) is 15.4 Å². The van der Waals surface area contributed by atoms with E-state index in [-0.39, 0.29) is 18.2 Å². The van der Waals surface area contributed by atoms with Gasteiger partial charge in [0.25, 0.3) is 0 Å². The summed E-state index contributed by atoms with van der Waals surface area (Å²) in [5.74, 6) is -0.161. The van der Waals surface area contributed by atoms with E-state index in [9.17, 15) is 13.2 Å². The Morgan fingerprint density at radius 3 is 2.55 bits per heavy atom. The molecule has 0 fully saturated rings. The molecule has 1 nitrogen and oxygen atoms in total. The Bertz CT molecular complexity index is 598. The summed E-state index contributed by atoms with van der Waals surface area (Å²) in [6.07, 6.45) is -4.47. The van der Waals surface area contributed by atoms with Gasteiger partial charge in [-0.25, -0.2) is 0 Å². The number of halogens is 5. The van der Waals surface area contributed by atoms with Crippen LogP contribution in [-0.4, -0.2) is 0 Å². The van der Waals surface area contributed by atoms with Crippen LogP contribution in [0.15, 0.2) is 34.1 Å². The van der Waals surface area contributed by atoms with Gasteiger partial charge < -0.3 is 4.74 Å². The van der Waals surface area contributed by atoms with Crippen molar-refractivity contribution in [3.05, 3.63) is 50.1 Å². The number of alkyl halides is 4. The van der Waals surface area contributed by atoms with Crippen molar-refractivity contribution in [3.8, 4) is 5.75 Å². The van der Waals surface area contributed by atoms with E-state index in [1.165, 1.54) is 23.5 Å². The SMILES string of the molecule is FC(F)(F)c1cc(CCl)ccc1OCc1sccc1Br. The van der Waals surface area contributed by atoms with Gasteiger partial charge in [0.05, 0.1) is 10.4 Å². The first-order valence-corrected chi connectivity index (χ1v) is 7.73. The molecule has 0 aliphatic carbocycles. The van der Waals surface area contributed by atoms with Gasteiger partial charge in [0.1, 0.15) is 12.4 Å². The van der Waals surface area contributed by atoms with Gasteiger partial charge >= 0.3 is 6.18 Å². The molecule has 0 saturated carbocycles. The largest absolute Gasteiger partial charge is 0.487 e. The van der Waals surface area contributed by atoms with Crippen LogP contribution in [-0.2, 0) is 18.7 Å². The maximum Gasteiger partial charge on any atom is 0.419 e. The summed E-state index contributed by atoms with van der Waals surface area (Å²) in [5, 5.41) is 1.84. The molecule has 0 amide bonds. The first-order valence-electron chi connectivity index (χ1n) is 5.52. The Morgan fingerprint density at radius 2 is 2.00 bits per heavy atom. The van der Waals surface area contributed by atoms with Crippen LogP contribution in [0, 0.1) is 0 Å². The van der Waals surface area contributed by atoms with E-state index in [4.69, 9.17) is 16.3 Å². The molecule has 20 heavy (non-hydrogen) atoms. The second kappa shape index (κ2) is 6.37. The van der Waals surface area contributed by atoms with E-state index in [2.05, 4.69) is 15.9 Å². The highest BCUT2D eigenvalue weighted by Crippen LogP contribution is 2.37. The molecule has 0 unspecified atom stereocenters. The molecule has 1 heterocycles. The van der Waals surface area contributed by atoms with Crippen molar-refractivity contribution >= 4 is 38.9 Å². The van der Waals surface area contributed by atoms with Crippen molar-refractivity contribution in [3.63, 3.8) is 0 Å². The van der Waals surface area contributed by atoms with Crippen molar-refractivity contribution in [1.82, 2.24) is 0 Å². The monoisotopic (exact) mass is 384 g/mol. The van der Waals surface area contributed by atoms with E-state index < -0.39 is 11.7 Å². The van der Waals surface area contributed by atoms with Crippen LogP contribution in [0.5, 0.6) is 5.75 Å². The summed E-state index contributed by atoms with van der Waals surface area (Å²) in [6, 6.07) is 5.68. The quantitative estimate of drug-likeness (QED) is 0.600. The highest BCUT2D eigenvalue weighted by Gasteiger charge is 2.34. The smallest absolute Gasteiger partial charge is 0.419 e. The number of hydrogen-bond acceptors (Lipinski definition) is 2. The zero-order valence-electron chi connectivity index (χ0n) is 10.0. The summed E-state index contributed by atoms with van der Waals surface area (Å²) < 4.78 is 45.1. The fourth-order valence-electron chi connectivity index (χ4n) is 1.58. The molecule has 0 aliphatic heterocycles. The molecule has 0 bridgehead atoms. The van der Waals surface area contributed by atoms with Crippen molar-refractivity contribution in [2.24, 2.45) is 0 Å². The lowest BCUT2D eigenvalue weighted by Crippen LogP contribution is -2.09. The van der Waals surface area contributed by atoms with Crippen LogP contribution in [0.2, 0.25) is 0 Å². The molecular formula is C13H9BrClF3OS. The van der Waals surface area contributed by atoms with Crippen molar-refractivity contribution < 1.29 is 17.9 Å². The maximum absolute atomic E-state index is 13.0. The molecule has 1 aromatic heterocycles. The number of hydrogen-bond donors (Lipinski definition) is 0. The molecule has 1 aromatic carbocycles. The minimum atomic E-state index is -4.47. The average Bonchev–Trinajstić information content (AvgIpc) is 2.80. The average molecular weight is 386 g/mol. The Hall–Kier alpha value is -0.720. The van der Waals surface area contributed by atoms with E-state index >= 15 is 0 Å². The van der Waals surface area contributed by atoms with Crippen LogP contribution < -0.4 is 4.74 Å². The van der Waals surface area contributed by atoms with Gasteiger partial charge in [-0.2, -0.15) is 13.2 Å². The van der Waals surface area contributed by atoms with Crippen molar-refractivity contribution in [2.75, 3.05) is 0 Å². The lowest BCUT2D eigenvalue weighted by atomic mass is 10.1. The fraction of sp³-hybridized carbons (Fsp3) is 0.231. The highest BCUT2D eigenvalue weighted by molar-refractivity contribution is 9.10. The zero-order valence-corrected chi connectivity index (χ0v) is 13.2. The number of thiophene rings is 1. The summed E-state index contributed by atoms with van der Waals surface area (Å²) in [4.78, 5) is 0.833. The molecule has 108 valence electrons. The van der Waals surface area contributed by atoms with Crippen LogP contribution in [0.25, 0.3) is 0 Å². The summed E-state index contributed by atoms with van der Waals surface area (Å²) in [7, 11) is 0. The molecule has 0 spiro atoms. The third-order valence-electron chi connectivity index (χ3n) is 2.55. The fourth-order valence-corrected chi connectivity index (χ4v) is 3.12. The third-order valence-corrected chi connectivity index (χ3v) is 4.76. The number of benzene rings is 1. The van der Waals surface area contributed by atoms with Crippen molar-refractivity contribution in [2.45, 2.75) is 18.7 Å². The minimum absolute atomic E-state index is 0.0276. The lowest BCUT2D eigenvalue weighted by molar-refractivity contribution is -0.139. The standard InChI is InChI=1S/C13H9BrClF3OS/c14-10-3-4-20-12(10)7-19-11-2-1-8(6-15)5-9(11)13(16,17)18/h1-5H,6-7H2. The Balaban J connectivity index is 2.25. The Labute approximate surface area is 131 Å². The first kappa shape index (κ1) is 15.7. The van der Waals surface area contributed by atoms with Crippen LogP contribution in [0.1, 0.15) is 16.0 Å². The molecule has 2 aromatic rings. The van der Waals surface area contributed by atoms with Gasteiger partial charge in [-0.3, -0.25) is 0 Å². The van der Waals surface area contributed by atoms with Gasteiger partial charge in [-0.05, 0) is 45.1 Å². The predicted octanol–water partition coefficient (Wildman–Crippen LogP) is 5.85. The second-order valence-electron chi connectivity index (χ2n) is 3.94. The zero-order chi connectivity index (χ0) is 14.8. The summed E-state index contributed by atoms with van der Waals surface area (Å²) in [5.41, 5.74) is -0.396. The molecule has 7 heteroatoms. The number of ether oxygens (including phenoxy) is 1. The van der Waals surface area contributed by atoms with Gasteiger partial charge in [0.2, 0.25) is 0 Å². The second-order valence-corrected chi connectivity index (χ2v) is 6.06. The minimum Gasteiger partial charge on any atom is -0.487 e. The van der Waals surface area contributed by atoms with Gasteiger partial charge in [0.15, 0.2) is 0 Å². The van der Waals surface area contributed by atoms with Crippen LogP contribution >= 0.6 is 38.9 Å². The van der Waals surface area contributed by atoms with E-state index in [0.29, 0.717) is 5.56 Å². The molecule has 0 atom stereocenters. The summed E-state index contributed by atoms with van der Waals surface area (Å²) in [6.45, 7) is 0.0849. The Kier molecular flexibility index (Phi) is 4.99. The van der Waals surface area contributed by atoms with Gasteiger partial charge in [-0.1, -0.05) is 6.07 Å².